The summed E-state index contributed by atoms with van der Waals surface area (Å²) in [6, 6.07) is 5.31. The van der Waals surface area contributed by atoms with Gasteiger partial charge < -0.3 is 14.9 Å². The molecular formula is C14H15N3O6. The lowest BCUT2D eigenvalue weighted by Gasteiger charge is -2.34. The van der Waals surface area contributed by atoms with E-state index in [-0.39, 0.29) is 24.7 Å². The van der Waals surface area contributed by atoms with E-state index >= 15 is 0 Å². The van der Waals surface area contributed by atoms with Crippen molar-refractivity contribution in [3.8, 4) is 0 Å². The summed E-state index contributed by atoms with van der Waals surface area (Å²) in [5, 5.41) is 19.2. The van der Waals surface area contributed by atoms with Crippen LogP contribution in [0.3, 0.4) is 0 Å². The maximum Gasteiger partial charge on any atom is 0.312 e. The maximum absolute atomic E-state index is 12.3. The van der Waals surface area contributed by atoms with Crippen molar-refractivity contribution < 1.29 is 24.4 Å². The highest BCUT2D eigenvalue weighted by atomic mass is 16.6. The lowest BCUT2D eigenvalue weighted by atomic mass is 10.1. The molecule has 122 valence electrons. The number of hydrogen-bond acceptors (Lipinski definition) is 5. The van der Waals surface area contributed by atoms with Gasteiger partial charge in [0.25, 0.3) is 11.6 Å². The van der Waals surface area contributed by atoms with E-state index in [2.05, 4.69) is 0 Å². The van der Waals surface area contributed by atoms with E-state index in [1.807, 2.05) is 0 Å². The van der Waals surface area contributed by atoms with Crippen molar-refractivity contribution in [1.29, 1.82) is 0 Å². The van der Waals surface area contributed by atoms with Crippen LogP contribution in [0, 0.1) is 10.1 Å². The van der Waals surface area contributed by atoms with Gasteiger partial charge in [0.15, 0.2) is 0 Å². The van der Waals surface area contributed by atoms with Gasteiger partial charge in [-0.2, -0.15) is 0 Å². The number of piperazine rings is 1. The molecule has 1 saturated heterocycles. The third-order valence-corrected chi connectivity index (χ3v) is 3.55. The van der Waals surface area contributed by atoms with Gasteiger partial charge in [-0.05, 0) is 12.1 Å². The average molecular weight is 321 g/mol. The molecule has 0 aromatic heterocycles. The lowest BCUT2D eigenvalue weighted by molar-refractivity contribution is -0.384. The topological polar surface area (TPSA) is 121 Å². The zero-order valence-electron chi connectivity index (χ0n) is 12.2. The number of benzene rings is 1. The minimum absolute atomic E-state index is 0.0920. The molecule has 0 saturated carbocycles. The van der Waals surface area contributed by atoms with Crippen LogP contribution >= 0.6 is 0 Å². The summed E-state index contributed by atoms with van der Waals surface area (Å²) >= 11 is 0. The highest BCUT2D eigenvalue weighted by Gasteiger charge is 2.25. The first-order chi connectivity index (χ1) is 10.9. The molecule has 9 heteroatoms. The van der Waals surface area contributed by atoms with Crippen LogP contribution in [0.4, 0.5) is 5.69 Å². The third-order valence-electron chi connectivity index (χ3n) is 3.55. The number of non-ortho nitro benzene ring substituents is 1. The third kappa shape index (κ3) is 4.02. The van der Waals surface area contributed by atoms with Crippen LogP contribution in [0.15, 0.2) is 24.3 Å². The number of carbonyl (C=O) groups excluding carboxylic acids is 2. The fourth-order valence-electron chi connectivity index (χ4n) is 2.31. The Morgan fingerprint density at radius 2 is 1.57 bits per heavy atom. The Morgan fingerprint density at radius 1 is 1.04 bits per heavy atom. The SMILES string of the molecule is O=C(O)CC(=O)N1CCN(C(=O)c2ccc([N+](=O)[O-])cc2)CC1. The Kier molecular flexibility index (Phi) is 4.89. The Labute approximate surface area is 131 Å². The number of amides is 2. The molecular weight excluding hydrogens is 306 g/mol. The highest BCUT2D eigenvalue weighted by Crippen LogP contribution is 2.15. The van der Waals surface area contributed by atoms with Crippen molar-refractivity contribution in [3.05, 3.63) is 39.9 Å². The number of nitro groups is 1. The van der Waals surface area contributed by atoms with Gasteiger partial charge in [-0.25, -0.2) is 0 Å². The molecule has 0 bridgehead atoms. The number of nitrogens with zero attached hydrogens (tertiary/aromatic N) is 3. The molecule has 0 atom stereocenters. The number of aliphatic carboxylic acids is 1. The number of nitro benzene ring substituents is 1. The smallest absolute Gasteiger partial charge is 0.312 e. The van der Waals surface area contributed by atoms with Crippen LogP contribution in [0.25, 0.3) is 0 Å². The van der Waals surface area contributed by atoms with Crippen molar-refractivity contribution in [2.45, 2.75) is 6.42 Å². The first kappa shape index (κ1) is 16.4. The Bertz CT molecular complexity index is 634. The second-order valence-corrected chi connectivity index (χ2v) is 5.05. The molecule has 9 nitrogen and oxygen atoms in total. The number of carboxylic acids is 1. The molecule has 1 aliphatic heterocycles. The van der Waals surface area contributed by atoms with Crippen molar-refractivity contribution in [2.75, 3.05) is 26.2 Å². The van der Waals surface area contributed by atoms with Crippen LogP contribution in [-0.4, -0.2) is 63.8 Å². The summed E-state index contributed by atoms with van der Waals surface area (Å²) in [5.41, 5.74) is 0.242. The zero-order chi connectivity index (χ0) is 17.0. The molecule has 0 spiro atoms. The van der Waals surface area contributed by atoms with Crippen LogP contribution in [0.1, 0.15) is 16.8 Å². The van der Waals surface area contributed by atoms with E-state index in [1.165, 1.54) is 34.1 Å². The fraction of sp³-hybridized carbons (Fsp3) is 0.357. The quantitative estimate of drug-likeness (QED) is 0.485. The van der Waals surface area contributed by atoms with Crippen molar-refractivity contribution >= 4 is 23.5 Å². The number of rotatable bonds is 4. The van der Waals surface area contributed by atoms with E-state index in [1.54, 1.807) is 0 Å². The van der Waals surface area contributed by atoms with Crippen molar-refractivity contribution in [1.82, 2.24) is 9.80 Å². The second kappa shape index (κ2) is 6.86. The first-order valence-corrected chi connectivity index (χ1v) is 6.92. The van der Waals surface area contributed by atoms with Gasteiger partial charge in [-0.15, -0.1) is 0 Å². The molecule has 2 amide bonds. The molecule has 0 radical (unpaired) electrons. The summed E-state index contributed by atoms with van der Waals surface area (Å²) in [6.45, 7) is 1.12. The zero-order valence-corrected chi connectivity index (χ0v) is 12.2. The van der Waals surface area contributed by atoms with Crippen LogP contribution in [0.2, 0.25) is 0 Å². The van der Waals surface area contributed by atoms with Gasteiger partial charge in [0.1, 0.15) is 6.42 Å². The molecule has 23 heavy (non-hydrogen) atoms. The van der Waals surface area contributed by atoms with E-state index in [0.717, 1.165) is 0 Å². The molecule has 1 fully saturated rings. The predicted molar refractivity (Wildman–Crippen MR) is 77.8 cm³/mol. The Hall–Kier alpha value is -2.97. The molecule has 1 heterocycles. The molecule has 1 N–H and O–H groups in total. The molecule has 0 aliphatic carbocycles. The van der Waals surface area contributed by atoms with E-state index in [9.17, 15) is 24.5 Å². The lowest BCUT2D eigenvalue weighted by Crippen LogP contribution is -2.50. The molecule has 2 rings (SSSR count). The van der Waals surface area contributed by atoms with Gasteiger partial charge in [0, 0.05) is 43.9 Å². The van der Waals surface area contributed by atoms with Gasteiger partial charge in [0.2, 0.25) is 5.91 Å². The Morgan fingerprint density at radius 3 is 2.04 bits per heavy atom. The van der Waals surface area contributed by atoms with Gasteiger partial charge in [0.05, 0.1) is 4.92 Å². The summed E-state index contributed by atoms with van der Waals surface area (Å²) in [5.74, 6) is -1.93. The number of hydrogen-bond donors (Lipinski definition) is 1. The fourth-order valence-corrected chi connectivity index (χ4v) is 2.31. The number of carboxylic acid groups (broad SMARTS) is 1. The molecule has 0 unspecified atom stereocenters. The summed E-state index contributed by atoms with van der Waals surface area (Å²) in [7, 11) is 0. The predicted octanol–water partition coefficient (Wildman–Crippen LogP) is 0.354. The monoisotopic (exact) mass is 321 g/mol. The van der Waals surface area contributed by atoms with Crippen LogP contribution in [-0.2, 0) is 9.59 Å². The van der Waals surface area contributed by atoms with Crippen molar-refractivity contribution in [2.24, 2.45) is 0 Å². The second-order valence-electron chi connectivity index (χ2n) is 5.05. The minimum Gasteiger partial charge on any atom is -0.481 e. The Balaban J connectivity index is 1.94. The average Bonchev–Trinajstić information content (AvgIpc) is 2.53. The number of carbonyl (C=O) groups is 3. The summed E-state index contributed by atoms with van der Waals surface area (Å²) in [4.78, 5) is 47.4. The summed E-state index contributed by atoms with van der Waals surface area (Å²) in [6.07, 6.45) is -0.559. The normalized spacial score (nSPS) is 14.4. The maximum atomic E-state index is 12.3. The van der Waals surface area contributed by atoms with Crippen LogP contribution in [0.5, 0.6) is 0 Å². The van der Waals surface area contributed by atoms with Gasteiger partial charge >= 0.3 is 5.97 Å². The largest absolute Gasteiger partial charge is 0.481 e. The van der Waals surface area contributed by atoms with E-state index in [0.29, 0.717) is 18.7 Å². The standard InChI is InChI=1S/C14H15N3O6/c18-12(9-13(19)20)15-5-7-16(8-6-15)14(21)10-1-3-11(4-2-10)17(22)23/h1-4H,5-9H2,(H,19,20). The van der Waals surface area contributed by atoms with Gasteiger partial charge in [-0.3, -0.25) is 24.5 Å². The molecule has 1 aromatic carbocycles. The van der Waals surface area contributed by atoms with Crippen molar-refractivity contribution in [3.63, 3.8) is 0 Å². The minimum atomic E-state index is -1.18. The highest BCUT2D eigenvalue weighted by molar-refractivity contribution is 5.95. The molecule has 1 aliphatic rings. The molecule has 1 aromatic rings. The van der Waals surface area contributed by atoms with Crippen LogP contribution < -0.4 is 0 Å². The van der Waals surface area contributed by atoms with E-state index in [4.69, 9.17) is 5.11 Å². The first-order valence-electron chi connectivity index (χ1n) is 6.92. The van der Waals surface area contributed by atoms with E-state index < -0.39 is 23.2 Å². The summed E-state index contributed by atoms with van der Waals surface area (Å²) < 4.78 is 0. The van der Waals surface area contributed by atoms with Gasteiger partial charge in [-0.1, -0.05) is 0 Å².